The number of nitrogens with zero attached hydrogens (tertiary/aromatic N) is 2. The second-order valence-electron chi connectivity index (χ2n) is 5.60. The van der Waals surface area contributed by atoms with Gasteiger partial charge in [-0.3, -0.25) is 9.20 Å². The van der Waals surface area contributed by atoms with E-state index in [0.717, 1.165) is 4.40 Å². The van der Waals surface area contributed by atoms with Crippen molar-refractivity contribution in [2.75, 3.05) is 26.6 Å². The third-order valence-corrected chi connectivity index (χ3v) is 3.96. The number of carbonyl (C=O) groups excluding carboxylic acids is 1. The van der Waals surface area contributed by atoms with Crippen LogP contribution < -0.4 is 19.5 Å². The Morgan fingerprint density at radius 1 is 1.04 bits per heavy atom. The second-order valence-corrected chi connectivity index (χ2v) is 5.60. The molecule has 2 heterocycles. The number of imidazole rings is 1. The summed E-state index contributed by atoms with van der Waals surface area (Å²) in [6.45, 7) is 0. The average molecular weight is 395 g/mol. The van der Waals surface area contributed by atoms with Crippen LogP contribution in [-0.2, 0) is 6.18 Å². The van der Waals surface area contributed by atoms with E-state index in [4.69, 9.17) is 14.2 Å². The van der Waals surface area contributed by atoms with Gasteiger partial charge in [-0.15, -0.1) is 0 Å². The molecule has 0 unspecified atom stereocenters. The van der Waals surface area contributed by atoms with Gasteiger partial charge in [0.05, 0.1) is 21.3 Å². The van der Waals surface area contributed by atoms with Crippen molar-refractivity contribution >= 4 is 17.2 Å². The van der Waals surface area contributed by atoms with Crippen molar-refractivity contribution in [2.45, 2.75) is 6.18 Å². The number of methoxy groups -OCH3 is 3. The van der Waals surface area contributed by atoms with Gasteiger partial charge in [-0.05, 0) is 24.3 Å². The van der Waals surface area contributed by atoms with Crippen molar-refractivity contribution in [3.05, 3.63) is 47.9 Å². The van der Waals surface area contributed by atoms with Crippen molar-refractivity contribution in [3.8, 4) is 17.2 Å². The van der Waals surface area contributed by atoms with Crippen LogP contribution >= 0.6 is 0 Å². The zero-order valence-electron chi connectivity index (χ0n) is 15.1. The van der Waals surface area contributed by atoms with E-state index in [0.29, 0.717) is 11.5 Å². The Balaban J connectivity index is 2.08. The van der Waals surface area contributed by atoms with Crippen molar-refractivity contribution in [1.82, 2.24) is 9.38 Å². The summed E-state index contributed by atoms with van der Waals surface area (Å²) in [6, 6.07) is 7.36. The van der Waals surface area contributed by atoms with Gasteiger partial charge in [0.2, 0.25) is 0 Å². The topological polar surface area (TPSA) is 74.1 Å². The highest BCUT2D eigenvalue weighted by Gasteiger charge is 2.40. The van der Waals surface area contributed by atoms with Gasteiger partial charge in [-0.25, -0.2) is 4.98 Å². The molecule has 3 rings (SSSR count). The quantitative estimate of drug-likeness (QED) is 0.714. The van der Waals surface area contributed by atoms with Crippen molar-refractivity contribution < 1.29 is 32.2 Å². The monoisotopic (exact) mass is 395 g/mol. The summed E-state index contributed by atoms with van der Waals surface area (Å²) >= 11 is 0. The fraction of sp³-hybridized carbons (Fsp3) is 0.222. The third kappa shape index (κ3) is 3.40. The predicted molar refractivity (Wildman–Crippen MR) is 94.2 cm³/mol. The Kier molecular flexibility index (Phi) is 5.04. The summed E-state index contributed by atoms with van der Waals surface area (Å²) in [5, 5.41) is 2.44. The number of anilines is 1. The second kappa shape index (κ2) is 7.29. The third-order valence-electron chi connectivity index (χ3n) is 3.96. The Morgan fingerprint density at radius 3 is 2.32 bits per heavy atom. The Labute approximate surface area is 157 Å². The van der Waals surface area contributed by atoms with E-state index in [1.807, 2.05) is 0 Å². The molecule has 28 heavy (non-hydrogen) atoms. The zero-order valence-corrected chi connectivity index (χ0v) is 15.1. The highest BCUT2D eigenvalue weighted by atomic mass is 19.4. The lowest BCUT2D eigenvalue weighted by Gasteiger charge is -2.12. The van der Waals surface area contributed by atoms with Crippen LogP contribution in [0.2, 0.25) is 0 Å². The lowest BCUT2D eigenvalue weighted by molar-refractivity contribution is -0.141. The van der Waals surface area contributed by atoms with Gasteiger partial charge in [-0.1, -0.05) is 0 Å². The summed E-state index contributed by atoms with van der Waals surface area (Å²) < 4.78 is 56.8. The number of fused-ring (bicyclic) bond motifs is 1. The maximum Gasteiger partial charge on any atom is 0.435 e. The number of pyridine rings is 1. The smallest absolute Gasteiger partial charge is 0.435 e. The SMILES string of the molecule is COc1ccc(NC(=O)c2c(C(F)(F)F)nc3c(OC)cccn23)cc1OC. The minimum Gasteiger partial charge on any atom is -0.493 e. The number of nitrogens with one attached hydrogen (secondary N) is 1. The van der Waals surface area contributed by atoms with Gasteiger partial charge in [-0.2, -0.15) is 13.2 Å². The van der Waals surface area contributed by atoms with Crippen molar-refractivity contribution in [3.63, 3.8) is 0 Å². The first-order valence-electron chi connectivity index (χ1n) is 7.95. The van der Waals surface area contributed by atoms with Gasteiger partial charge >= 0.3 is 6.18 Å². The van der Waals surface area contributed by atoms with Gasteiger partial charge < -0.3 is 19.5 Å². The normalized spacial score (nSPS) is 11.4. The van der Waals surface area contributed by atoms with E-state index in [2.05, 4.69) is 10.3 Å². The lowest BCUT2D eigenvalue weighted by atomic mass is 10.2. The molecule has 0 radical (unpaired) electrons. The molecular formula is C18H16F3N3O4. The fourth-order valence-electron chi connectivity index (χ4n) is 2.72. The molecule has 0 fully saturated rings. The maximum absolute atomic E-state index is 13.5. The maximum atomic E-state index is 13.5. The van der Waals surface area contributed by atoms with E-state index >= 15 is 0 Å². The van der Waals surface area contributed by atoms with Crippen LogP contribution in [0.15, 0.2) is 36.5 Å². The summed E-state index contributed by atoms with van der Waals surface area (Å²) in [5.41, 5.74) is -1.85. The minimum atomic E-state index is -4.83. The number of hydrogen-bond donors (Lipinski definition) is 1. The standard InChI is InChI=1S/C18H16F3N3O4/c1-26-11-7-6-10(9-13(11)28-3)22-17(25)14-15(18(19,20)21)23-16-12(27-2)5-4-8-24(14)16/h4-9H,1-3H3,(H,22,25). The Morgan fingerprint density at radius 2 is 1.71 bits per heavy atom. The molecule has 0 saturated carbocycles. The molecule has 7 nitrogen and oxygen atoms in total. The largest absolute Gasteiger partial charge is 0.493 e. The predicted octanol–water partition coefficient (Wildman–Crippen LogP) is 3.63. The molecule has 1 N–H and O–H groups in total. The van der Waals surface area contributed by atoms with Crippen LogP contribution in [0.4, 0.5) is 18.9 Å². The van der Waals surface area contributed by atoms with E-state index in [-0.39, 0.29) is 17.1 Å². The molecule has 0 bridgehead atoms. The first-order valence-corrected chi connectivity index (χ1v) is 7.95. The molecule has 10 heteroatoms. The van der Waals surface area contributed by atoms with Gasteiger partial charge in [0.15, 0.2) is 28.6 Å². The first kappa shape index (κ1) is 19.3. The molecule has 1 amide bonds. The molecule has 0 aliphatic carbocycles. The molecule has 0 saturated heterocycles. The van der Waals surface area contributed by atoms with Crippen LogP contribution in [0.25, 0.3) is 5.65 Å². The van der Waals surface area contributed by atoms with E-state index < -0.39 is 23.5 Å². The molecule has 3 aromatic rings. The fourth-order valence-corrected chi connectivity index (χ4v) is 2.72. The van der Waals surface area contributed by atoms with Crippen LogP contribution in [0.1, 0.15) is 16.2 Å². The molecule has 0 aliphatic rings. The van der Waals surface area contributed by atoms with E-state index in [9.17, 15) is 18.0 Å². The molecule has 0 aliphatic heterocycles. The Bertz CT molecular complexity index is 1030. The van der Waals surface area contributed by atoms with Crippen LogP contribution in [-0.4, -0.2) is 36.6 Å². The molecule has 1 aromatic carbocycles. The van der Waals surface area contributed by atoms with Crippen LogP contribution in [0.3, 0.4) is 0 Å². The molecule has 0 atom stereocenters. The number of amides is 1. The van der Waals surface area contributed by atoms with Crippen molar-refractivity contribution in [2.24, 2.45) is 0 Å². The first-order chi connectivity index (χ1) is 13.3. The molecule has 2 aromatic heterocycles. The number of alkyl halides is 3. The molecule has 0 spiro atoms. The summed E-state index contributed by atoms with van der Waals surface area (Å²) in [6.07, 6.45) is -3.52. The summed E-state index contributed by atoms with van der Waals surface area (Å²) in [4.78, 5) is 16.3. The van der Waals surface area contributed by atoms with E-state index in [1.165, 1.54) is 57.9 Å². The van der Waals surface area contributed by atoms with Gasteiger partial charge in [0, 0.05) is 18.0 Å². The molecular weight excluding hydrogens is 379 g/mol. The summed E-state index contributed by atoms with van der Waals surface area (Å²) in [5.74, 6) is -0.148. The highest BCUT2D eigenvalue weighted by Crippen LogP contribution is 2.35. The number of hydrogen-bond acceptors (Lipinski definition) is 5. The van der Waals surface area contributed by atoms with Gasteiger partial charge in [0.25, 0.3) is 5.91 Å². The van der Waals surface area contributed by atoms with E-state index in [1.54, 1.807) is 0 Å². The van der Waals surface area contributed by atoms with Crippen molar-refractivity contribution in [1.29, 1.82) is 0 Å². The average Bonchev–Trinajstić information content (AvgIpc) is 3.08. The minimum absolute atomic E-state index is 0.109. The Hall–Kier alpha value is -3.43. The number of ether oxygens (including phenoxy) is 3. The number of halogens is 3. The summed E-state index contributed by atoms with van der Waals surface area (Å²) in [7, 11) is 4.15. The number of rotatable bonds is 5. The zero-order chi connectivity index (χ0) is 20.5. The number of aromatic nitrogens is 2. The number of benzene rings is 1. The van der Waals surface area contributed by atoms with Crippen LogP contribution in [0, 0.1) is 0 Å². The lowest BCUT2D eigenvalue weighted by Crippen LogP contribution is -2.20. The van der Waals surface area contributed by atoms with Crippen LogP contribution in [0.5, 0.6) is 17.2 Å². The molecule has 148 valence electrons. The highest BCUT2D eigenvalue weighted by molar-refractivity contribution is 6.05. The van der Waals surface area contributed by atoms with Gasteiger partial charge in [0.1, 0.15) is 5.69 Å². The number of carbonyl (C=O) groups is 1.